The van der Waals surface area contributed by atoms with Gasteiger partial charge in [-0.3, -0.25) is 0 Å². The van der Waals surface area contributed by atoms with Crippen molar-refractivity contribution in [3.8, 4) is 17.1 Å². The Kier molecular flexibility index (Phi) is 4.49. The van der Waals surface area contributed by atoms with E-state index in [-0.39, 0.29) is 5.75 Å². The molecule has 106 valence electrons. The number of hydrogen-bond donors (Lipinski definition) is 1. The Labute approximate surface area is 123 Å². The van der Waals surface area contributed by atoms with E-state index in [2.05, 4.69) is 30.6 Å². The molecule has 2 rings (SSSR count). The van der Waals surface area contributed by atoms with Crippen LogP contribution in [0.1, 0.15) is 12.6 Å². The third-order valence-corrected chi connectivity index (χ3v) is 3.48. The summed E-state index contributed by atoms with van der Waals surface area (Å²) in [6, 6.07) is 6.10. The van der Waals surface area contributed by atoms with Gasteiger partial charge in [0.2, 0.25) is 0 Å². The molecule has 0 amide bonds. The Morgan fingerprint density at radius 3 is 2.45 bits per heavy atom. The summed E-state index contributed by atoms with van der Waals surface area (Å²) in [5.41, 5.74) is 7.28. The number of ether oxygens (including phenoxy) is 1. The molecule has 0 saturated heterocycles. The third-order valence-electron chi connectivity index (χ3n) is 2.62. The van der Waals surface area contributed by atoms with E-state index in [1.807, 2.05) is 6.92 Å². The average Bonchev–Trinajstić information content (AvgIpc) is 2.42. The Balaban J connectivity index is 2.34. The van der Waals surface area contributed by atoms with Gasteiger partial charge < -0.3 is 10.5 Å². The van der Waals surface area contributed by atoms with Crippen molar-refractivity contribution in [3.05, 3.63) is 34.4 Å². The van der Waals surface area contributed by atoms with Gasteiger partial charge in [0.25, 0.3) is 0 Å². The summed E-state index contributed by atoms with van der Waals surface area (Å²) in [7, 11) is 0. The lowest BCUT2D eigenvalue weighted by molar-refractivity contribution is -0.0498. The molecule has 0 aliphatic rings. The van der Waals surface area contributed by atoms with Crippen LogP contribution < -0.4 is 10.5 Å². The van der Waals surface area contributed by atoms with E-state index < -0.39 is 6.61 Å². The van der Waals surface area contributed by atoms with Crippen LogP contribution in [0.15, 0.2) is 28.7 Å². The predicted octanol–water partition coefficient (Wildman–Crippen LogP) is 3.65. The van der Waals surface area contributed by atoms with Gasteiger partial charge in [-0.1, -0.05) is 6.92 Å². The van der Waals surface area contributed by atoms with Crippen LogP contribution in [0.5, 0.6) is 5.75 Å². The number of nitrogen functional groups attached to an aromatic ring is 1. The molecule has 4 nitrogen and oxygen atoms in total. The zero-order chi connectivity index (χ0) is 14.7. The highest BCUT2D eigenvalue weighted by Crippen LogP contribution is 2.26. The van der Waals surface area contributed by atoms with Gasteiger partial charge in [0.1, 0.15) is 11.6 Å². The molecule has 0 aliphatic carbocycles. The molecule has 0 saturated carbocycles. The van der Waals surface area contributed by atoms with Gasteiger partial charge in [-0.15, -0.1) is 0 Å². The molecule has 1 heterocycles. The summed E-state index contributed by atoms with van der Waals surface area (Å²) in [6.45, 7) is -0.886. The molecule has 20 heavy (non-hydrogen) atoms. The highest BCUT2D eigenvalue weighted by atomic mass is 79.9. The summed E-state index contributed by atoms with van der Waals surface area (Å²) >= 11 is 3.33. The number of rotatable bonds is 4. The summed E-state index contributed by atoms with van der Waals surface area (Å²) in [4.78, 5) is 8.56. The predicted molar refractivity (Wildman–Crippen MR) is 75.6 cm³/mol. The van der Waals surface area contributed by atoms with Crippen molar-refractivity contribution >= 4 is 21.7 Å². The molecule has 0 unspecified atom stereocenters. The smallest absolute Gasteiger partial charge is 0.387 e. The van der Waals surface area contributed by atoms with Crippen LogP contribution in [-0.4, -0.2) is 16.6 Å². The van der Waals surface area contributed by atoms with Crippen molar-refractivity contribution in [3.63, 3.8) is 0 Å². The van der Waals surface area contributed by atoms with Gasteiger partial charge in [0.15, 0.2) is 5.82 Å². The first-order valence-electron chi connectivity index (χ1n) is 5.88. The second-order valence-electron chi connectivity index (χ2n) is 3.95. The summed E-state index contributed by atoms with van der Waals surface area (Å²) < 4.78 is 29.1. The maximum Gasteiger partial charge on any atom is 0.387 e. The normalized spacial score (nSPS) is 10.8. The molecule has 0 atom stereocenters. The van der Waals surface area contributed by atoms with Crippen molar-refractivity contribution in [2.45, 2.75) is 20.0 Å². The van der Waals surface area contributed by atoms with E-state index in [1.165, 1.54) is 12.1 Å². The monoisotopic (exact) mass is 343 g/mol. The van der Waals surface area contributed by atoms with Crippen LogP contribution in [0, 0.1) is 0 Å². The number of aryl methyl sites for hydroxylation is 1. The fourth-order valence-electron chi connectivity index (χ4n) is 1.66. The zero-order valence-corrected chi connectivity index (χ0v) is 12.2. The molecule has 1 aromatic heterocycles. The zero-order valence-electron chi connectivity index (χ0n) is 10.6. The van der Waals surface area contributed by atoms with Gasteiger partial charge in [0.05, 0.1) is 10.2 Å². The standard InChI is InChI=1S/C13H12BrF2N3O/c1-2-9-10(14)11(17)19-12(18-9)7-3-5-8(6-4-7)20-13(15)16/h3-6,13H,2H2,1H3,(H2,17,18,19). The van der Waals surface area contributed by atoms with Crippen molar-refractivity contribution in [1.29, 1.82) is 0 Å². The van der Waals surface area contributed by atoms with Gasteiger partial charge in [-0.25, -0.2) is 9.97 Å². The minimum Gasteiger partial charge on any atom is -0.435 e. The van der Waals surface area contributed by atoms with Crippen LogP contribution >= 0.6 is 15.9 Å². The summed E-state index contributed by atoms with van der Waals surface area (Å²) in [5.74, 6) is 0.885. The Bertz CT molecular complexity index is 605. The van der Waals surface area contributed by atoms with E-state index in [0.29, 0.717) is 28.1 Å². The molecule has 0 radical (unpaired) electrons. The van der Waals surface area contributed by atoms with E-state index in [0.717, 1.165) is 5.69 Å². The largest absolute Gasteiger partial charge is 0.435 e. The van der Waals surface area contributed by atoms with E-state index >= 15 is 0 Å². The van der Waals surface area contributed by atoms with Crippen molar-refractivity contribution in [2.24, 2.45) is 0 Å². The fraction of sp³-hybridized carbons (Fsp3) is 0.231. The van der Waals surface area contributed by atoms with Gasteiger partial charge >= 0.3 is 6.61 Å². The van der Waals surface area contributed by atoms with Crippen molar-refractivity contribution in [2.75, 3.05) is 5.73 Å². The summed E-state index contributed by atoms with van der Waals surface area (Å²) in [6.07, 6.45) is 0.701. The molecule has 0 spiro atoms. The van der Waals surface area contributed by atoms with Gasteiger partial charge in [0, 0.05) is 5.56 Å². The number of halogens is 3. The molecule has 0 fully saturated rings. The molecule has 1 aromatic carbocycles. The van der Waals surface area contributed by atoms with Crippen LogP contribution in [0.25, 0.3) is 11.4 Å². The van der Waals surface area contributed by atoms with Gasteiger partial charge in [-0.2, -0.15) is 8.78 Å². The summed E-state index contributed by atoms with van der Waals surface area (Å²) in [5, 5.41) is 0. The van der Waals surface area contributed by atoms with Crippen molar-refractivity contribution < 1.29 is 13.5 Å². The Morgan fingerprint density at radius 2 is 1.90 bits per heavy atom. The van der Waals surface area contributed by atoms with Crippen LogP contribution in [0.3, 0.4) is 0 Å². The number of alkyl halides is 2. The van der Waals surface area contributed by atoms with Crippen molar-refractivity contribution in [1.82, 2.24) is 9.97 Å². The molecule has 0 bridgehead atoms. The number of hydrogen-bond acceptors (Lipinski definition) is 4. The lowest BCUT2D eigenvalue weighted by atomic mass is 10.2. The second kappa shape index (κ2) is 6.13. The minimum atomic E-state index is -2.84. The van der Waals surface area contributed by atoms with Crippen LogP contribution in [0.4, 0.5) is 14.6 Å². The third kappa shape index (κ3) is 3.22. The topological polar surface area (TPSA) is 61.0 Å². The lowest BCUT2D eigenvalue weighted by Gasteiger charge is -2.08. The second-order valence-corrected chi connectivity index (χ2v) is 4.74. The molecule has 2 aromatic rings. The first-order valence-corrected chi connectivity index (χ1v) is 6.67. The number of nitrogens with zero attached hydrogens (tertiary/aromatic N) is 2. The minimum absolute atomic E-state index is 0.0875. The Hall–Kier alpha value is -1.76. The number of benzene rings is 1. The number of anilines is 1. The van der Waals surface area contributed by atoms with Gasteiger partial charge in [-0.05, 0) is 46.6 Å². The Morgan fingerprint density at radius 1 is 1.25 bits per heavy atom. The van der Waals surface area contributed by atoms with Crippen LogP contribution in [-0.2, 0) is 6.42 Å². The lowest BCUT2D eigenvalue weighted by Crippen LogP contribution is -2.03. The van der Waals surface area contributed by atoms with E-state index in [4.69, 9.17) is 5.73 Å². The first-order chi connectivity index (χ1) is 9.51. The fourth-order valence-corrected chi connectivity index (χ4v) is 2.12. The molecule has 7 heteroatoms. The number of aromatic nitrogens is 2. The van der Waals surface area contributed by atoms with E-state index in [1.54, 1.807) is 12.1 Å². The molecule has 2 N–H and O–H groups in total. The maximum absolute atomic E-state index is 12.1. The number of nitrogens with two attached hydrogens (primary N) is 1. The van der Waals surface area contributed by atoms with Crippen LogP contribution in [0.2, 0.25) is 0 Å². The average molecular weight is 344 g/mol. The SMILES string of the molecule is CCc1nc(-c2ccc(OC(F)F)cc2)nc(N)c1Br. The van der Waals surface area contributed by atoms with E-state index in [9.17, 15) is 8.78 Å². The highest BCUT2D eigenvalue weighted by Gasteiger charge is 2.11. The quantitative estimate of drug-likeness (QED) is 0.920. The highest BCUT2D eigenvalue weighted by molar-refractivity contribution is 9.10. The molecular weight excluding hydrogens is 332 g/mol. The maximum atomic E-state index is 12.1. The molecular formula is C13H12BrF2N3O. The molecule has 0 aliphatic heterocycles. The first kappa shape index (κ1) is 14.6.